The number of benzene rings is 2. The van der Waals surface area contributed by atoms with Crippen molar-refractivity contribution in [1.82, 2.24) is 9.88 Å². The molecule has 0 bridgehead atoms. The molecule has 5 rings (SSSR count). The van der Waals surface area contributed by atoms with Gasteiger partial charge in [0, 0.05) is 55.3 Å². The molecule has 2 fully saturated rings. The van der Waals surface area contributed by atoms with Crippen LogP contribution < -0.4 is 9.64 Å². The Morgan fingerprint density at radius 1 is 1.16 bits per heavy atom. The highest BCUT2D eigenvalue weighted by Crippen LogP contribution is 2.37. The SMILES string of the molecule is CCOc1ccc(-c2nccs2)c(CN2CCC3(CC2)CN(c2ccccc2)C(=O)O3)c1. The molecule has 32 heavy (non-hydrogen) atoms. The van der Waals surface area contributed by atoms with E-state index in [1.807, 2.05) is 54.9 Å². The van der Waals surface area contributed by atoms with Gasteiger partial charge in [0.2, 0.25) is 0 Å². The lowest BCUT2D eigenvalue weighted by Crippen LogP contribution is -2.46. The first-order chi connectivity index (χ1) is 15.7. The number of likely N-dealkylation sites (tertiary alicyclic amines) is 1. The minimum atomic E-state index is -0.394. The molecule has 166 valence electrons. The number of hydrogen-bond donors (Lipinski definition) is 0. The van der Waals surface area contributed by atoms with E-state index >= 15 is 0 Å². The van der Waals surface area contributed by atoms with E-state index in [2.05, 4.69) is 22.0 Å². The predicted molar refractivity (Wildman–Crippen MR) is 126 cm³/mol. The Hall–Kier alpha value is -2.90. The van der Waals surface area contributed by atoms with E-state index in [0.29, 0.717) is 13.2 Å². The second kappa shape index (κ2) is 8.92. The zero-order chi connectivity index (χ0) is 22.0. The minimum absolute atomic E-state index is 0.236. The number of para-hydroxylation sites is 1. The van der Waals surface area contributed by atoms with Crippen LogP contribution in [0.2, 0.25) is 0 Å². The number of rotatable bonds is 6. The monoisotopic (exact) mass is 449 g/mol. The topological polar surface area (TPSA) is 54.9 Å². The molecular formula is C25H27N3O3S. The number of thiazole rings is 1. The van der Waals surface area contributed by atoms with Gasteiger partial charge in [0.15, 0.2) is 0 Å². The van der Waals surface area contributed by atoms with E-state index in [4.69, 9.17) is 9.47 Å². The summed E-state index contributed by atoms with van der Waals surface area (Å²) in [6.45, 7) is 5.85. The van der Waals surface area contributed by atoms with E-state index < -0.39 is 5.60 Å². The zero-order valence-electron chi connectivity index (χ0n) is 18.2. The highest BCUT2D eigenvalue weighted by molar-refractivity contribution is 7.13. The van der Waals surface area contributed by atoms with Crippen LogP contribution in [0.1, 0.15) is 25.3 Å². The second-order valence-corrected chi connectivity index (χ2v) is 9.23. The van der Waals surface area contributed by atoms with Gasteiger partial charge < -0.3 is 9.47 Å². The quantitative estimate of drug-likeness (QED) is 0.518. The Kier molecular flexibility index (Phi) is 5.85. The fourth-order valence-corrected chi connectivity index (χ4v) is 5.27. The van der Waals surface area contributed by atoms with Crippen molar-refractivity contribution in [3.05, 3.63) is 65.7 Å². The molecule has 2 aromatic carbocycles. The van der Waals surface area contributed by atoms with Gasteiger partial charge in [-0.05, 0) is 42.8 Å². The number of nitrogens with zero attached hydrogens (tertiary/aromatic N) is 3. The van der Waals surface area contributed by atoms with Gasteiger partial charge in [-0.1, -0.05) is 18.2 Å². The van der Waals surface area contributed by atoms with Gasteiger partial charge in [-0.2, -0.15) is 0 Å². The number of aromatic nitrogens is 1. The first kappa shape index (κ1) is 21.0. The maximum Gasteiger partial charge on any atom is 0.415 e. The number of amides is 1. The zero-order valence-corrected chi connectivity index (χ0v) is 19.0. The predicted octanol–water partition coefficient (Wildman–Crippen LogP) is 5.20. The molecule has 0 atom stereocenters. The second-order valence-electron chi connectivity index (χ2n) is 8.34. The average molecular weight is 450 g/mol. The summed E-state index contributed by atoms with van der Waals surface area (Å²) in [6.07, 6.45) is 3.28. The molecule has 1 amide bonds. The Morgan fingerprint density at radius 3 is 2.69 bits per heavy atom. The first-order valence-corrected chi connectivity index (χ1v) is 12.0. The fourth-order valence-electron chi connectivity index (χ4n) is 4.57. The van der Waals surface area contributed by atoms with Crippen molar-refractivity contribution in [2.75, 3.05) is 31.1 Å². The molecule has 0 radical (unpaired) electrons. The lowest BCUT2D eigenvalue weighted by atomic mass is 9.90. The first-order valence-electron chi connectivity index (χ1n) is 11.1. The van der Waals surface area contributed by atoms with Crippen molar-refractivity contribution in [1.29, 1.82) is 0 Å². The van der Waals surface area contributed by atoms with Crippen molar-refractivity contribution >= 4 is 23.1 Å². The Bertz CT molecular complexity index is 1060. The maximum atomic E-state index is 12.6. The van der Waals surface area contributed by atoms with E-state index in [1.54, 1.807) is 16.2 Å². The molecule has 3 heterocycles. The summed E-state index contributed by atoms with van der Waals surface area (Å²) < 4.78 is 11.7. The Labute approximate surface area is 192 Å². The molecule has 0 aliphatic carbocycles. The summed E-state index contributed by atoms with van der Waals surface area (Å²) in [7, 11) is 0. The maximum absolute atomic E-state index is 12.6. The van der Waals surface area contributed by atoms with Gasteiger partial charge in [-0.25, -0.2) is 9.78 Å². The molecule has 3 aromatic rings. The van der Waals surface area contributed by atoms with Crippen LogP contribution in [0.5, 0.6) is 5.75 Å². The lowest BCUT2D eigenvalue weighted by molar-refractivity contribution is -0.000951. The van der Waals surface area contributed by atoms with Gasteiger partial charge >= 0.3 is 6.09 Å². The highest BCUT2D eigenvalue weighted by Gasteiger charge is 2.47. The van der Waals surface area contributed by atoms with E-state index in [0.717, 1.165) is 54.5 Å². The van der Waals surface area contributed by atoms with Crippen LogP contribution >= 0.6 is 11.3 Å². The van der Waals surface area contributed by atoms with Crippen LogP contribution in [0.15, 0.2) is 60.1 Å². The van der Waals surface area contributed by atoms with Gasteiger partial charge in [-0.15, -0.1) is 11.3 Å². The molecule has 2 saturated heterocycles. The van der Waals surface area contributed by atoms with Crippen molar-refractivity contribution in [2.24, 2.45) is 0 Å². The molecule has 1 aromatic heterocycles. The van der Waals surface area contributed by atoms with Gasteiger partial charge in [0.05, 0.1) is 13.2 Å². The summed E-state index contributed by atoms with van der Waals surface area (Å²) in [6, 6.07) is 16.0. The highest BCUT2D eigenvalue weighted by atomic mass is 32.1. The molecular weight excluding hydrogens is 422 g/mol. The minimum Gasteiger partial charge on any atom is -0.494 e. The van der Waals surface area contributed by atoms with Gasteiger partial charge in [0.25, 0.3) is 0 Å². The van der Waals surface area contributed by atoms with Gasteiger partial charge in [-0.3, -0.25) is 9.80 Å². The van der Waals surface area contributed by atoms with Crippen LogP contribution in [-0.2, 0) is 11.3 Å². The number of anilines is 1. The van der Waals surface area contributed by atoms with E-state index in [-0.39, 0.29) is 6.09 Å². The van der Waals surface area contributed by atoms with Crippen LogP contribution in [0.3, 0.4) is 0 Å². The number of ether oxygens (including phenoxy) is 2. The fraction of sp³-hybridized carbons (Fsp3) is 0.360. The van der Waals surface area contributed by atoms with Crippen LogP contribution in [0.4, 0.5) is 10.5 Å². The van der Waals surface area contributed by atoms with Gasteiger partial charge in [0.1, 0.15) is 16.4 Å². The molecule has 2 aliphatic heterocycles. The summed E-state index contributed by atoms with van der Waals surface area (Å²) >= 11 is 1.65. The Morgan fingerprint density at radius 2 is 1.97 bits per heavy atom. The molecule has 7 heteroatoms. The van der Waals surface area contributed by atoms with Crippen LogP contribution in [0, 0.1) is 0 Å². The largest absolute Gasteiger partial charge is 0.494 e. The number of carbonyl (C=O) groups is 1. The van der Waals surface area contributed by atoms with Crippen molar-refractivity contribution < 1.29 is 14.3 Å². The van der Waals surface area contributed by atoms with Crippen molar-refractivity contribution in [3.63, 3.8) is 0 Å². The molecule has 0 unspecified atom stereocenters. The van der Waals surface area contributed by atoms with E-state index in [1.165, 1.54) is 5.56 Å². The summed E-state index contributed by atoms with van der Waals surface area (Å²) in [5, 5.41) is 3.03. The van der Waals surface area contributed by atoms with Crippen LogP contribution in [-0.4, -0.2) is 47.8 Å². The number of piperidine rings is 1. The number of hydrogen-bond acceptors (Lipinski definition) is 6. The normalized spacial score (nSPS) is 18.2. The van der Waals surface area contributed by atoms with Crippen LogP contribution in [0.25, 0.3) is 10.6 Å². The van der Waals surface area contributed by atoms with E-state index in [9.17, 15) is 4.79 Å². The average Bonchev–Trinajstić information content (AvgIpc) is 3.45. The van der Waals surface area contributed by atoms with Crippen molar-refractivity contribution in [3.8, 4) is 16.3 Å². The Balaban J connectivity index is 1.28. The summed E-state index contributed by atoms with van der Waals surface area (Å²) in [5.41, 5.74) is 2.88. The molecule has 0 saturated carbocycles. The number of carbonyl (C=O) groups excluding carboxylic acids is 1. The molecule has 6 nitrogen and oxygen atoms in total. The lowest BCUT2D eigenvalue weighted by Gasteiger charge is -2.37. The molecule has 0 N–H and O–H groups in total. The standard InChI is InChI=1S/C25H27N3O3S/c1-2-30-21-8-9-22(23-26-12-15-32-23)19(16-21)17-27-13-10-25(11-14-27)18-28(24(29)31-25)20-6-4-3-5-7-20/h3-9,12,15-16H,2,10-11,13-14,17-18H2,1H3. The summed E-state index contributed by atoms with van der Waals surface area (Å²) in [4.78, 5) is 21.3. The third-order valence-electron chi connectivity index (χ3n) is 6.25. The van der Waals surface area contributed by atoms with Crippen molar-refractivity contribution in [2.45, 2.75) is 31.9 Å². The summed E-state index contributed by atoms with van der Waals surface area (Å²) in [5.74, 6) is 0.888. The molecule has 1 spiro atoms. The molecule has 2 aliphatic rings. The third kappa shape index (κ3) is 4.23. The smallest absolute Gasteiger partial charge is 0.415 e. The third-order valence-corrected chi connectivity index (χ3v) is 7.06.